The van der Waals surface area contributed by atoms with E-state index in [1.165, 1.54) is 11.9 Å². The van der Waals surface area contributed by atoms with Crippen LogP contribution in [-0.4, -0.2) is 104 Å². The molecule has 14 heteroatoms. The third kappa shape index (κ3) is 8.14. The minimum absolute atomic E-state index is 0.0174. The number of urea groups is 1. The minimum Gasteiger partial charge on any atom is -0.346 e. The summed E-state index contributed by atoms with van der Waals surface area (Å²) in [6.45, 7) is 2.01. The van der Waals surface area contributed by atoms with Crippen molar-refractivity contribution in [2.45, 2.75) is 51.1 Å². The van der Waals surface area contributed by atoms with E-state index in [-0.39, 0.29) is 44.9 Å². The Labute approximate surface area is 244 Å². The first-order chi connectivity index (χ1) is 19.8. The number of piperidine rings is 1. The summed E-state index contributed by atoms with van der Waals surface area (Å²) in [6, 6.07) is 6.79. The molecule has 12 nitrogen and oxygen atoms in total. The van der Waals surface area contributed by atoms with Crippen LogP contribution < -0.4 is 27.0 Å². The lowest BCUT2D eigenvalue weighted by Crippen LogP contribution is -2.72. The van der Waals surface area contributed by atoms with E-state index in [0.29, 0.717) is 6.42 Å². The first-order valence-corrected chi connectivity index (χ1v) is 14.0. The Hall–Kier alpha value is -3.81. The summed E-state index contributed by atoms with van der Waals surface area (Å²) in [5.74, 6) is -5.38. The Morgan fingerprint density at radius 1 is 0.952 bits per heavy atom. The zero-order chi connectivity index (χ0) is 31.1. The molecule has 6 N–H and O–H groups in total. The van der Waals surface area contributed by atoms with Gasteiger partial charge in [0.25, 0.3) is 5.92 Å². The van der Waals surface area contributed by atoms with Crippen LogP contribution in [0.4, 0.5) is 13.6 Å². The van der Waals surface area contributed by atoms with Gasteiger partial charge in [-0.25, -0.2) is 13.6 Å². The molecule has 0 saturated carbocycles. The second-order valence-electron chi connectivity index (χ2n) is 11.4. The largest absolute Gasteiger partial charge is 0.346 e. The van der Waals surface area contributed by atoms with E-state index in [4.69, 9.17) is 5.73 Å². The van der Waals surface area contributed by atoms with Gasteiger partial charge in [0.15, 0.2) is 0 Å². The van der Waals surface area contributed by atoms with Crippen molar-refractivity contribution in [3.05, 3.63) is 35.9 Å². The summed E-state index contributed by atoms with van der Waals surface area (Å²) in [5, 5.41) is 9.89. The number of nitrogens with zero attached hydrogens (tertiary/aromatic N) is 2. The fraction of sp³-hybridized carbons (Fsp3) is 0.607. The minimum atomic E-state index is -3.16. The van der Waals surface area contributed by atoms with E-state index >= 15 is 0 Å². The molecule has 2 aliphatic heterocycles. The molecule has 2 fully saturated rings. The van der Waals surface area contributed by atoms with E-state index < -0.39 is 66.2 Å². The zero-order valence-corrected chi connectivity index (χ0v) is 24.3. The summed E-state index contributed by atoms with van der Waals surface area (Å²) in [6.07, 6.45) is 0.624. The Kier molecular flexibility index (Phi) is 10.8. The molecule has 232 valence electrons. The SMILES string of the molecule is CNC(=O)N1CCC2(CN(C(=O)CNC(=O)[C@@H](CC(C)C)NC(=O)CNC(=O)[C@H](N)Cc3ccccc3)C2)C(F)(F)C1. The molecule has 3 rings (SSSR count). The van der Waals surface area contributed by atoms with Gasteiger partial charge in [-0.1, -0.05) is 44.2 Å². The van der Waals surface area contributed by atoms with E-state index in [9.17, 15) is 32.8 Å². The van der Waals surface area contributed by atoms with Crippen molar-refractivity contribution >= 4 is 29.7 Å². The molecule has 42 heavy (non-hydrogen) atoms. The molecule has 6 amide bonds. The molecule has 1 aromatic rings. The van der Waals surface area contributed by atoms with Crippen molar-refractivity contribution < 1.29 is 32.8 Å². The van der Waals surface area contributed by atoms with E-state index in [0.717, 1.165) is 10.5 Å². The maximum absolute atomic E-state index is 14.9. The molecule has 2 aliphatic rings. The zero-order valence-electron chi connectivity index (χ0n) is 24.3. The Morgan fingerprint density at radius 3 is 2.19 bits per heavy atom. The number of benzene rings is 1. The number of hydrogen-bond acceptors (Lipinski definition) is 6. The predicted octanol–water partition coefficient (Wildman–Crippen LogP) is -0.171. The highest BCUT2D eigenvalue weighted by atomic mass is 19.3. The molecule has 0 aliphatic carbocycles. The number of amides is 6. The van der Waals surface area contributed by atoms with E-state index in [2.05, 4.69) is 21.3 Å². The van der Waals surface area contributed by atoms with E-state index in [1.54, 1.807) is 0 Å². The van der Waals surface area contributed by atoms with Crippen molar-refractivity contribution in [1.29, 1.82) is 0 Å². The molecule has 2 heterocycles. The third-order valence-electron chi connectivity index (χ3n) is 7.70. The molecule has 0 aromatic heterocycles. The topological polar surface area (TPSA) is 166 Å². The number of hydrogen-bond donors (Lipinski definition) is 5. The van der Waals surface area contributed by atoms with Crippen molar-refractivity contribution in [1.82, 2.24) is 31.1 Å². The number of rotatable bonds is 11. The maximum Gasteiger partial charge on any atom is 0.317 e. The highest BCUT2D eigenvalue weighted by Gasteiger charge is 2.63. The van der Waals surface area contributed by atoms with Crippen LogP contribution in [0.1, 0.15) is 32.3 Å². The highest BCUT2D eigenvalue weighted by Crippen LogP contribution is 2.50. The van der Waals surface area contributed by atoms with Crippen LogP contribution in [0.25, 0.3) is 0 Å². The van der Waals surface area contributed by atoms with Crippen LogP contribution in [0.15, 0.2) is 30.3 Å². The Morgan fingerprint density at radius 2 is 1.60 bits per heavy atom. The van der Waals surface area contributed by atoms with Gasteiger partial charge in [-0.3, -0.25) is 19.2 Å². The second kappa shape index (κ2) is 13.9. The normalized spacial score (nSPS) is 18.5. The molecule has 2 atom stereocenters. The molecule has 0 unspecified atom stereocenters. The Bertz CT molecular complexity index is 1140. The fourth-order valence-electron chi connectivity index (χ4n) is 5.21. The number of carbonyl (C=O) groups excluding carboxylic acids is 5. The molecule has 0 radical (unpaired) electrons. The van der Waals surface area contributed by atoms with Crippen molar-refractivity contribution in [2.24, 2.45) is 17.1 Å². The predicted molar refractivity (Wildman–Crippen MR) is 150 cm³/mol. The molecule has 0 bridgehead atoms. The van der Waals surface area contributed by atoms with Crippen LogP contribution >= 0.6 is 0 Å². The van der Waals surface area contributed by atoms with Gasteiger partial charge in [-0.2, -0.15) is 0 Å². The number of likely N-dealkylation sites (tertiary alicyclic amines) is 2. The highest BCUT2D eigenvalue weighted by molar-refractivity contribution is 5.92. The monoisotopic (exact) mass is 593 g/mol. The number of nitrogens with two attached hydrogens (primary N) is 1. The van der Waals surface area contributed by atoms with Gasteiger partial charge in [0, 0.05) is 26.7 Å². The molecular weight excluding hydrogens is 552 g/mol. The summed E-state index contributed by atoms with van der Waals surface area (Å²) < 4.78 is 29.8. The maximum atomic E-state index is 14.9. The van der Waals surface area contributed by atoms with Crippen LogP contribution in [0.5, 0.6) is 0 Å². The van der Waals surface area contributed by atoms with Gasteiger partial charge in [-0.05, 0) is 30.7 Å². The average molecular weight is 594 g/mol. The first kappa shape index (κ1) is 32.7. The van der Waals surface area contributed by atoms with Gasteiger partial charge in [0.2, 0.25) is 23.6 Å². The van der Waals surface area contributed by atoms with Crippen LogP contribution in [0.3, 0.4) is 0 Å². The van der Waals surface area contributed by atoms with Crippen molar-refractivity contribution in [3.8, 4) is 0 Å². The van der Waals surface area contributed by atoms with Crippen LogP contribution in [0.2, 0.25) is 0 Å². The van der Waals surface area contributed by atoms with Crippen LogP contribution in [-0.2, 0) is 25.6 Å². The average Bonchev–Trinajstić information content (AvgIpc) is 2.92. The van der Waals surface area contributed by atoms with Crippen molar-refractivity contribution in [3.63, 3.8) is 0 Å². The lowest BCUT2D eigenvalue weighted by atomic mass is 9.69. The lowest BCUT2D eigenvalue weighted by Gasteiger charge is -2.57. The summed E-state index contributed by atoms with van der Waals surface area (Å²) >= 11 is 0. The van der Waals surface area contributed by atoms with Gasteiger partial charge in [0.05, 0.1) is 31.1 Å². The van der Waals surface area contributed by atoms with Gasteiger partial charge < -0.3 is 36.8 Å². The number of carbonyl (C=O) groups is 5. The van der Waals surface area contributed by atoms with E-state index in [1.807, 2.05) is 44.2 Å². The second-order valence-corrected chi connectivity index (χ2v) is 11.4. The lowest BCUT2D eigenvalue weighted by molar-refractivity contribution is -0.218. The van der Waals surface area contributed by atoms with Crippen molar-refractivity contribution in [2.75, 3.05) is 46.3 Å². The summed E-state index contributed by atoms with van der Waals surface area (Å²) in [4.78, 5) is 64.5. The molecule has 1 spiro atoms. The summed E-state index contributed by atoms with van der Waals surface area (Å²) in [7, 11) is 1.38. The smallest absolute Gasteiger partial charge is 0.317 e. The number of nitrogens with one attached hydrogen (secondary N) is 4. The Balaban J connectivity index is 1.45. The number of halogens is 2. The van der Waals surface area contributed by atoms with Gasteiger partial charge in [-0.15, -0.1) is 0 Å². The standard InChI is InChI=1S/C28H41F2N7O5/c1-18(2)11-21(35-22(38)13-33-24(40)20(31)12-19-7-5-4-6-8-19)25(41)34-14-23(39)37-15-27(16-37)9-10-36(26(42)32-3)17-28(27,29)30/h4-8,18,20-21H,9-17,31H2,1-3H3,(H,32,42)(H,33,40)(H,34,41)(H,35,38)/t20-,21-/m1/s1. The first-order valence-electron chi connectivity index (χ1n) is 14.0. The summed E-state index contributed by atoms with van der Waals surface area (Å²) in [5.41, 5.74) is 5.41. The molecular formula is C28H41F2N7O5. The van der Waals surface area contributed by atoms with Gasteiger partial charge in [0.1, 0.15) is 6.04 Å². The molecule has 2 saturated heterocycles. The fourth-order valence-corrected chi connectivity index (χ4v) is 5.21. The quantitative estimate of drug-likeness (QED) is 0.239. The number of alkyl halides is 2. The molecule has 1 aromatic carbocycles. The third-order valence-corrected chi connectivity index (χ3v) is 7.70. The van der Waals surface area contributed by atoms with Gasteiger partial charge >= 0.3 is 6.03 Å². The van der Waals surface area contributed by atoms with Crippen LogP contribution in [0, 0.1) is 11.3 Å².